The predicted octanol–water partition coefficient (Wildman–Crippen LogP) is 5.27. The van der Waals surface area contributed by atoms with Gasteiger partial charge < -0.3 is 24.4 Å². The average molecular weight is 717 g/mol. The molecule has 0 bridgehead atoms. The van der Waals surface area contributed by atoms with Crippen molar-refractivity contribution < 1.29 is 42.7 Å². The van der Waals surface area contributed by atoms with Gasteiger partial charge in [-0.25, -0.2) is 0 Å². The van der Waals surface area contributed by atoms with E-state index < -0.39 is 17.9 Å². The molecule has 1 unspecified atom stereocenters. The van der Waals surface area contributed by atoms with Crippen molar-refractivity contribution in [3.05, 3.63) is 125 Å². The predicted molar refractivity (Wildman–Crippen MR) is 201 cm³/mol. The molecule has 0 spiro atoms. The molecule has 7 nitrogen and oxygen atoms in total. The molecule has 1 amide bonds. The van der Waals surface area contributed by atoms with Gasteiger partial charge in [0.1, 0.15) is 17.3 Å². The van der Waals surface area contributed by atoms with Gasteiger partial charge in [0.25, 0.3) is 5.91 Å². The van der Waals surface area contributed by atoms with Crippen LogP contribution in [0.5, 0.6) is 5.75 Å². The number of amides is 1. The molecule has 0 radical (unpaired) electrons. The van der Waals surface area contributed by atoms with E-state index in [1.807, 2.05) is 98.1 Å². The second-order valence-electron chi connectivity index (χ2n) is 12.5. The number of carbonyl (C=O) groups is 2. The Morgan fingerprint density at radius 1 is 0.902 bits per heavy atom. The number of halogens is 1. The smallest absolute Gasteiger partial charge is 0.548 e. The van der Waals surface area contributed by atoms with Crippen molar-refractivity contribution >= 4 is 35.2 Å². The van der Waals surface area contributed by atoms with E-state index in [4.69, 9.17) is 20.8 Å². The Bertz CT molecular complexity index is 1950. The van der Waals surface area contributed by atoms with Crippen LogP contribution in [0.3, 0.4) is 0 Å². The van der Waals surface area contributed by atoms with E-state index in [1.54, 1.807) is 13.2 Å². The zero-order valence-corrected chi connectivity index (χ0v) is 31.6. The first-order valence-electron chi connectivity index (χ1n) is 16.5. The number of aryl methyl sites for hydroxylation is 1. The summed E-state index contributed by atoms with van der Waals surface area (Å²) in [6.45, 7) is 7.41. The fourth-order valence-corrected chi connectivity index (χ4v) is 6.50. The number of thioether (sulfide) groups is 1. The number of carboxylic acid groups (broad SMARTS) is 1. The Morgan fingerprint density at radius 3 is 2.31 bits per heavy atom. The van der Waals surface area contributed by atoms with Crippen molar-refractivity contribution in [2.24, 2.45) is 0 Å². The first-order valence-corrected chi connectivity index (χ1v) is 18.3. The van der Waals surface area contributed by atoms with E-state index in [0.717, 1.165) is 56.2 Å². The molecule has 0 aliphatic heterocycles. The van der Waals surface area contributed by atoms with E-state index >= 15 is 0 Å². The number of hydrogen-bond acceptors (Lipinski definition) is 7. The number of furan rings is 1. The largest absolute Gasteiger partial charge is 1.00 e. The molecule has 5 aromatic rings. The number of nitrogens with one attached hydrogen (secondary N) is 1. The van der Waals surface area contributed by atoms with E-state index in [1.165, 1.54) is 11.8 Å². The third-order valence-corrected chi connectivity index (χ3v) is 9.61. The van der Waals surface area contributed by atoms with Crippen LogP contribution in [-0.2, 0) is 17.9 Å². The average Bonchev–Trinajstić information content (AvgIpc) is 3.53. The number of ether oxygens (including phenoxy) is 1. The summed E-state index contributed by atoms with van der Waals surface area (Å²) in [6, 6.07) is 30.3. The Kier molecular flexibility index (Phi) is 14.5. The van der Waals surface area contributed by atoms with Gasteiger partial charge in [0.05, 0.1) is 25.7 Å². The summed E-state index contributed by atoms with van der Waals surface area (Å²) in [5.41, 5.74) is 6.93. The zero-order chi connectivity index (χ0) is 35.8. The fraction of sp³-hybridized carbons (Fsp3) is 0.268. The van der Waals surface area contributed by atoms with Crippen LogP contribution in [0.15, 0.2) is 101 Å². The molecule has 1 aromatic heterocycles. The van der Waals surface area contributed by atoms with Crippen molar-refractivity contribution in [1.29, 1.82) is 0 Å². The molecule has 1 heterocycles. The monoisotopic (exact) mass is 716 g/mol. The number of benzene rings is 4. The minimum atomic E-state index is -1.29. The summed E-state index contributed by atoms with van der Waals surface area (Å²) in [5.74, 6) is 1.16. The third kappa shape index (κ3) is 10.1. The molecule has 5 rings (SSSR count). The number of hydrogen-bond donors (Lipinski definition) is 1. The molecule has 0 aliphatic rings. The molecule has 1 atom stereocenters. The van der Waals surface area contributed by atoms with Gasteiger partial charge in [0.2, 0.25) is 0 Å². The minimum absolute atomic E-state index is 0. The summed E-state index contributed by atoms with van der Waals surface area (Å²) < 4.78 is 12.1. The van der Waals surface area contributed by atoms with Crippen LogP contribution in [-0.4, -0.2) is 48.0 Å². The molecular formula is C41H42ClLiN2O5S. The van der Waals surface area contributed by atoms with Gasteiger partial charge in [-0.15, -0.1) is 0 Å². The summed E-state index contributed by atoms with van der Waals surface area (Å²) in [7, 11) is 1.65. The van der Waals surface area contributed by atoms with E-state index in [0.29, 0.717) is 29.4 Å². The number of rotatable bonds is 15. The molecule has 260 valence electrons. The molecule has 51 heavy (non-hydrogen) atoms. The third-order valence-electron chi connectivity index (χ3n) is 8.71. The standard InChI is InChI=1S/C41H43ClN2O5S.Li/c1-26(2)44(25-33-23-36(30-10-8-11-32(22-30)48-4)39(49-33)29-14-16-31(42)17-15-29)24-28-13-18-35(37(21-28)34-12-7-6-9-27(34)3)40(45)43-38(41(46)47)19-20-50-5;/h6-18,21-23,26,38H,19-20,24-25H2,1-5H3,(H,43,45)(H,46,47);/q;+1/p-1. The van der Waals surface area contributed by atoms with Crippen LogP contribution in [0.1, 0.15) is 47.5 Å². The van der Waals surface area contributed by atoms with Crippen LogP contribution in [0, 0.1) is 6.92 Å². The summed E-state index contributed by atoms with van der Waals surface area (Å²) in [6.07, 6.45) is 2.18. The number of methoxy groups -OCH3 is 1. The summed E-state index contributed by atoms with van der Waals surface area (Å²) in [4.78, 5) is 27.7. The second-order valence-corrected chi connectivity index (χ2v) is 13.9. The van der Waals surface area contributed by atoms with Crippen molar-refractivity contribution in [2.45, 2.75) is 52.4 Å². The molecule has 0 fully saturated rings. The quantitative estimate of drug-likeness (QED) is 0.148. The molecule has 0 aliphatic carbocycles. The number of nitrogens with zero attached hydrogens (tertiary/aromatic N) is 1. The Hall–Kier alpha value is -3.90. The maximum Gasteiger partial charge on any atom is 1.00 e. The van der Waals surface area contributed by atoms with E-state index in [-0.39, 0.29) is 31.3 Å². The fourth-order valence-electron chi connectivity index (χ4n) is 5.90. The zero-order valence-electron chi connectivity index (χ0n) is 30.0. The number of aliphatic carboxylic acids is 1. The molecule has 10 heteroatoms. The first kappa shape index (κ1) is 39.9. The topological polar surface area (TPSA) is 94.8 Å². The van der Waals surface area contributed by atoms with E-state index in [2.05, 4.69) is 30.1 Å². The van der Waals surface area contributed by atoms with Crippen LogP contribution in [0.25, 0.3) is 33.6 Å². The minimum Gasteiger partial charge on any atom is -0.548 e. The first-order chi connectivity index (χ1) is 24.1. The van der Waals surface area contributed by atoms with Gasteiger partial charge in [-0.2, -0.15) is 11.8 Å². The Balaban J connectivity index is 0.00000583. The van der Waals surface area contributed by atoms with E-state index in [9.17, 15) is 14.7 Å². The second kappa shape index (κ2) is 18.5. The van der Waals surface area contributed by atoms with Crippen LogP contribution in [0.4, 0.5) is 0 Å². The SMILES string of the molecule is COc1cccc(-c2cc(CN(Cc3ccc(C(=O)NC(CCSC)C(=O)[O-])c(-c4ccccc4C)c3)C(C)C)oc2-c2ccc(Cl)cc2)c1.[Li+]. The molecule has 0 saturated heterocycles. The van der Waals surface area contributed by atoms with Gasteiger partial charge in [-0.05, 0) is 122 Å². The van der Waals surface area contributed by atoms with Crippen molar-refractivity contribution in [3.63, 3.8) is 0 Å². The Morgan fingerprint density at radius 2 is 1.65 bits per heavy atom. The Labute approximate surface area is 321 Å². The van der Waals surface area contributed by atoms with Gasteiger partial charge in [0, 0.05) is 34.3 Å². The van der Waals surface area contributed by atoms with Crippen molar-refractivity contribution in [3.8, 4) is 39.3 Å². The summed E-state index contributed by atoms with van der Waals surface area (Å²) in [5, 5.41) is 15.2. The molecule has 1 N–H and O–H groups in total. The van der Waals surface area contributed by atoms with Gasteiger partial charge >= 0.3 is 18.9 Å². The van der Waals surface area contributed by atoms with Crippen LogP contribution < -0.4 is 34.0 Å². The normalized spacial score (nSPS) is 11.7. The number of carboxylic acids is 1. The maximum atomic E-state index is 13.6. The molecule has 4 aromatic carbocycles. The molecular weight excluding hydrogens is 675 g/mol. The van der Waals surface area contributed by atoms with Gasteiger partial charge in [-0.1, -0.05) is 54.1 Å². The van der Waals surface area contributed by atoms with Gasteiger partial charge in [-0.3, -0.25) is 9.69 Å². The van der Waals surface area contributed by atoms with Crippen molar-refractivity contribution in [1.82, 2.24) is 10.2 Å². The molecule has 0 saturated carbocycles. The van der Waals surface area contributed by atoms with Gasteiger partial charge in [0.15, 0.2) is 0 Å². The van der Waals surface area contributed by atoms with Crippen LogP contribution >= 0.6 is 23.4 Å². The maximum absolute atomic E-state index is 13.6. The summed E-state index contributed by atoms with van der Waals surface area (Å²) >= 11 is 7.74. The van der Waals surface area contributed by atoms with Crippen LogP contribution in [0.2, 0.25) is 5.02 Å². The van der Waals surface area contributed by atoms with Crippen molar-refractivity contribution in [2.75, 3.05) is 19.1 Å². The number of carbonyl (C=O) groups excluding carboxylic acids is 2.